The van der Waals surface area contributed by atoms with E-state index < -0.39 is 34.3 Å². The molecule has 1 aromatic carbocycles. The van der Waals surface area contributed by atoms with Crippen LogP contribution in [0.5, 0.6) is 5.75 Å². The fourth-order valence-electron chi connectivity index (χ4n) is 2.48. The number of methoxy groups -OCH3 is 1. The molecule has 9 nitrogen and oxygen atoms in total. The Morgan fingerprint density at radius 3 is 2.55 bits per heavy atom. The zero-order valence-corrected chi connectivity index (χ0v) is 17.2. The lowest BCUT2D eigenvalue weighted by Gasteiger charge is -2.17. The maximum absolute atomic E-state index is 13.7. The highest BCUT2D eigenvalue weighted by Gasteiger charge is 2.21. The van der Waals surface area contributed by atoms with Crippen molar-refractivity contribution < 1.29 is 31.9 Å². The highest BCUT2D eigenvalue weighted by molar-refractivity contribution is 7.89. The van der Waals surface area contributed by atoms with Crippen LogP contribution in [0.15, 0.2) is 35.4 Å². The van der Waals surface area contributed by atoms with Gasteiger partial charge >= 0.3 is 5.97 Å². The van der Waals surface area contributed by atoms with Gasteiger partial charge in [-0.3, -0.25) is 4.79 Å². The molecule has 0 aliphatic heterocycles. The van der Waals surface area contributed by atoms with Gasteiger partial charge in [0, 0.05) is 26.8 Å². The number of esters is 1. The Kier molecular flexibility index (Phi) is 6.98. The van der Waals surface area contributed by atoms with Crippen molar-refractivity contribution in [3.05, 3.63) is 47.5 Å². The molecule has 0 aliphatic rings. The van der Waals surface area contributed by atoms with Gasteiger partial charge in [0.05, 0.1) is 7.11 Å². The Balaban J connectivity index is 1.98. The molecule has 2 rings (SSSR count). The average molecular weight is 427 g/mol. The lowest BCUT2D eigenvalue weighted by Crippen LogP contribution is -2.31. The van der Waals surface area contributed by atoms with Crippen LogP contribution in [0.1, 0.15) is 16.1 Å². The van der Waals surface area contributed by atoms with E-state index in [0.29, 0.717) is 5.56 Å². The quantitative estimate of drug-likeness (QED) is 0.628. The summed E-state index contributed by atoms with van der Waals surface area (Å²) >= 11 is 0. The predicted molar refractivity (Wildman–Crippen MR) is 101 cm³/mol. The van der Waals surface area contributed by atoms with Crippen LogP contribution in [-0.2, 0) is 33.1 Å². The SMILES string of the molecule is CNS(=O)(=O)c1cc(C(=O)OCC(=O)N(C)Cc2ccc(OC)c(F)c2)n(C)c1. The normalized spacial score (nSPS) is 11.2. The van der Waals surface area contributed by atoms with Crippen molar-refractivity contribution in [1.29, 1.82) is 0 Å². The number of rotatable bonds is 8. The molecule has 11 heteroatoms. The summed E-state index contributed by atoms with van der Waals surface area (Å²) in [6, 6.07) is 5.48. The van der Waals surface area contributed by atoms with E-state index >= 15 is 0 Å². The topological polar surface area (TPSA) is 107 Å². The molecule has 0 fully saturated rings. The Bertz CT molecular complexity index is 1020. The third-order valence-corrected chi connectivity index (χ3v) is 5.54. The van der Waals surface area contributed by atoms with E-state index in [4.69, 9.17) is 9.47 Å². The maximum atomic E-state index is 13.7. The van der Waals surface area contributed by atoms with Gasteiger partial charge in [-0.15, -0.1) is 0 Å². The molecule has 158 valence electrons. The van der Waals surface area contributed by atoms with Gasteiger partial charge in [0.15, 0.2) is 18.2 Å². The van der Waals surface area contributed by atoms with Gasteiger partial charge in [-0.2, -0.15) is 0 Å². The first-order chi connectivity index (χ1) is 13.6. The van der Waals surface area contributed by atoms with Crippen LogP contribution >= 0.6 is 0 Å². The van der Waals surface area contributed by atoms with Crippen LogP contribution < -0.4 is 9.46 Å². The lowest BCUT2D eigenvalue weighted by molar-refractivity contribution is -0.133. The molecular formula is C18H22FN3O6S. The number of aryl methyl sites for hydroxylation is 1. The number of benzene rings is 1. The van der Waals surface area contributed by atoms with Crippen molar-refractivity contribution in [3.63, 3.8) is 0 Å². The second kappa shape index (κ2) is 9.05. The summed E-state index contributed by atoms with van der Waals surface area (Å²) in [4.78, 5) is 25.6. The molecule has 1 aromatic heterocycles. The highest BCUT2D eigenvalue weighted by Crippen LogP contribution is 2.18. The van der Waals surface area contributed by atoms with E-state index in [0.717, 1.165) is 6.07 Å². The van der Waals surface area contributed by atoms with E-state index in [-0.39, 0.29) is 22.9 Å². The van der Waals surface area contributed by atoms with E-state index in [2.05, 4.69) is 4.72 Å². The Labute approximate surface area is 168 Å². The first-order valence-corrected chi connectivity index (χ1v) is 9.90. The third kappa shape index (κ3) is 5.33. The number of hydrogen-bond acceptors (Lipinski definition) is 6. The highest BCUT2D eigenvalue weighted by atomic mass is 32.2. The van der Waals surface area contributed by atoms with Crippen LogP contribution in [-0.4, -0.2) is 57.6 Å². The first-order valence-electron chi connectivity index (χ1n) is 8.42. The monoisotopic (exact) mass is 427 g/mol. The molecule has 0 spiro atoms. The molecule has 1 amide bonds. The smallest absolute Gasteiger partial charge is 0.355 e. The molecule has 0 bridgehead atoms. The summed E-state index contributed by atoms with van der Waals surface area (Å²) in [7, 11) is 1.86. The Morgan fingerprint density at radius 2 is 1.97 bits per heavy atom. The van der Waals surface area contributed by atoms with Gasteiger partial charge in [0.25, 0.3) is 5.91 Å². The van der Waals surface area contributed by atoms with E-state index in [1.165, 1.54) is 56.0 Å². The van der Waals surface area contributed by atoms with Crippen LogP contribution in [0.3, 0.4) is 0 Å². The summed E-state index contributed by atoms with van der Waals surface area (Å²) < 4.78 is 50.6. The summed E-state index contributed by atoms with van der Waals surface area (Å²) in [6.07, 6.45) is 1.26. The third-order valence-electron chi connectivity index (χ3n) is 4.16. The fourth-order valence-corrected chi connectivity index (χ4v) is 3.28. The van der Waals surface area contributed by atoms with E-state index in [9.17, 15) is 22.4 Å². The number of amides is 1. The zero-order chi connectivity index (χ0) is 21.8. The largest absolute Gasteiger partial charge is 0.494 e. The van der Waals surface area contributed by atoms with Crippen LogP contribution in [0.2, 0.25) is 0 Å². The standard InChI is InChI=1S/C18H22FN3O6S/c1-20-29(25,26)13-8-15(21(2)10-13)18(24)28-11-17(23)22(3)9-12-5-6-16(27-4)14(19)7-12/h5-8,10,20H,9,11H2,1-4H3. The molecule has 0 aliphatic carbocycles. The summed E-state index contributed by atoms with van der Waals surface area (Å²) in [5.74, 6) is -1.80. The molecule has 0 saturated heterocycles. The van der Waals surface area contributed by atoms with Crippen molar-refractivity contribution in [2.24, 2.45) is 7.05 Å². The molecule has 0 radical (unpaired) electrons. The van der Waals surface area contributed by atoms with Gasteiger partial charge in [-0.25, -0.2) is 22.3 Å². The van der Waals surface area contributed by atoms with Crippen molar-refractivity contribution in [3.8, 4) is 5.75 Å². The van der Waals surface area contributed by atoms with Crippen molar-refractivity contribution >= 4 is 21.9 Å². The van der Waals surface area contributed by atoms with Crippen LogP contribution in [0.25, 0.3) is 0 Å². The second-order valence-corrected chi connectivity index (χ2v) is 8.06. The fraction of sp³-hybridized carbons (Fsp3) is 0.333. The number of ether oxygens (including phenoxy) is 2. The number of sulfonamides is 1. The molecule has 0 saturated carbocycles. The van der Waals surface area contributed by atoms with Crippen LogP contribution in [0.4, 0.5) is 4.39 Å². The predicted octanol–water partition coefficient (Wildman–Crippen LogP) is 0.896. The molecule has 1 heterocycles. The average Bonchev–Trinajstić information content (AvgIpc) is 3.08. The van der Waals surface area contributed by atoms with Crippen LogP contribution in [0, 0.1) is 5.82 Å². The zero-order valence-electron chi connectivity index (χ0n) is 16.4. The van der Waals surface area contributed by atoms with Gasteiger partial charge in [0.1, 0.15) is 10.6 Å². The number of aromatic nitrogens is 1. The number of halogens is 1. The number of nitrogens with one attached hydrogen (secondary N) is 1. The molecule has 29 heavy (non-hydrogen) atoms. The number of hydrogen-bond donors (Lipinski definition) is 1. The Hall–Kier alpha value is -2.92. The lowest BCUT2D eigenvalue weighted by atomic mass is 10.2. The summed E-state index contributed by atoms with van der Waals surface area (Å²) in [6.45, 7) is -0.445. The van der Waals surface area contributed by atoms with Crippen molar-refractivity contribution in [1.82, 2.24) is 14.2 Å². The molecule has 1 N–H and O–H groups in total. The minimum absolute atomic E-state index is 0.0218. The molecule has 0 atom stereocenters. The second-order valence-electron chi connectivity index (χ2n) is 6.17. The number of carbonyl (C=O) groups is 2. The molecule has 2 aromatic rings. The summed E-state index contributed by atoms with van der Waals surface area (Å²) in [5, 5.41) is 0. The number of likely N-dealkylation sites (N-methyl/N-ethyl adjacent to an activating group) is 1. The molecule has 0 unspecified atom stereocenters. The number of carbonyl (C=O) groups excluding carboxylic acids is 2. The molecular weight excluding hydrogens is 405 g/mol. The van der Waals surface area contributed by atoms with Gasteiger partial charge in [-0.1, -0.05) is 6.07 Å². The first kappa shape index (κ1) is 22.4. The minimum atomic E-state index is -3.71. The van der Waals surface area contributed by atoms with Gasteiger partial charge < -0.3 is 18.9 Å². The number of nitrogens with zero attached hydrogens (tertiary/aromatic N) is 2. The van der Waals surface area contributed by atoms with Crippen molar-refractivity contribution in [2.75, 3.05) is 27.8 Å². The van der Waals surface area contributed by atoms with E-state index in [1.807, 2.05) is 0 Å². The van der Waals surface area contributed by atoms with Gasteiger partial charge in [0.2, 0.25) is 10.0 Å². The Morgan fingerprint density at radius 1 is 1.28 bits per heavy atom. The van der Waals surface area contributed by atoms with Gasteiger partial charge in [-0.05, 0) is 30.8 Å². The minimum Gasteiger partial charge on any atom is -0.494 e. The summed E-state index contributed by atoms with van der Waals surface area (Å²) in [5.41, 5.74) is 0.515. The maximum Gasteiger partial charge on any atom is 0.355 e. The van der Waals surface area contributed by atoms with E-state index in [1.54, 1.807) is 6.07 Å². The van der Waals surface area contributed by atoms with Crippen molar-refractivity contribution in [2.45, 2.75) is 11.4 Å².